The first-order chi connectivity index (χ1) is 8.61. The zero-order chi connectivity index (χ0) is 13.1. The van der Waals surface area contributed by atoms with Crippen LogP contribution in [0.3, 0.4) is 0 Å². The van der Waals surface area contributed by atoms with Crippen LogP contribution in [0.2, 0.25) is 0 Å². The molecule has 0 aliphatic rings. The molecule has 0 aliphatic heterocycles. The molecule has 1 heterocycles. The van der Waals surface area contributed by atoms with Crippen molar-refractivity contribution in [2.75, 3.05) is 0 Å². The van der Waals surface area contributed by atoms with Gasteiger partial charge in [0.05, 0.1) is 6.54 Å². The van der Waals surface area contributed by atoms with Gasteiger partial charge in [-0.3, -0.25) is 9.36 Å². The van der Waals surface area contributed by atoms with Crippen molar-refractivity contribution in [3.63, 3.8) is 0 Å². The third-order valence-electron chi connectivity index (χ3n) is 2.98. The van der Waals surface area contributed by atoms with Crippen molar-refractivity contribution in [1.82, 2.24) is 9.55 Å². The van der Waals surface area contributed by atoms with Gasteiger partial charge < -0.3 is 0 Å². The second kappa shape index (κ2) is 5.48. The van der Waals surface area contributed by atoms with Crippen LogP contribution in [0.25, 0.3) is 0 Å². The van der Waals surface area contributed by atoms with Gasteiger partial charge in [0, 0.05) is 6.20 Å². The van der Waals surface area contributed by atoms with Crippen LogP contribution < -0.4 is 5.56 Å². The third-order valence-corrected chi connectivity index (χ3v) is 3.52. The number of aryl methyl sites for hydroxylation is 2. The van der Waals surface area contributed by atoms with Gasteiger partial charge in [0.25, 0.3) is 5.56 Å². The van der Waals surface area contributed by atoms with Gasteiger partial charge in [-0.1, -0.05) is 31.2 Å². The maximum atomic E-state index is 12.0. The monoisotopic (exact) mass is 306 g/mol. The predicted octanol–water partition coefficient (Wildman–Crippen LogP) is 2.92. The van der Waals surface area contributed by atoms with Crippen molar-refractivity contribution in [2.45, 2.75) is 26.8 Å². The van der Waals surface area contributed by atoms with Crippen molar-refractivity contribution in [1.29, 1.82) is 0 Å². The topological polar surface area (TPSA) is 34.9 Å². The van der Waals surface area contributed by atoms with Crippen LogP contribution in [-0.2, 0) is 13.0 Å². The third kappa shape index (κ3) is 2.70. The summed E-state index contributed by atoms with van der Waals surface area (Å²) in [6, 6.07) is 8.32. The lowest BCUT2D eigenvalue weighted by atomic mass is 10.1. The molecule has 0 fully saturated rings. The SMILES string of the molecule is CCc1ccc(Cn2c(C)ncc(Br)c2=O)cc1. The van der Waals surface area contributed by atoms with Crippen LogP contribution in [0.15, 0.2) is 39.7 Å². The number of halogens is 1. The second-order valence-electron chi connectivity index (χ2n) is 4.21. The quantitative estimate of drug-likeness (QED) is 0.874. The Balaban J connectivity index is 2.33. The smallest absolute Gasteiger partial charge is 0.268 e. The first-order valence-electron chi connectivity index (χ1n) is 5.91. The van der Waals surface area contributed by atoms with Crippen molar-refractivity contribution < 1.29 is 0 Å². The number of hydrogen-bond acceptors (Lipinski definition) is 2. The van der Waals surface area contributed by atoms with Crippen molar-refractivity contribution in [3.8, 4) is 0 Å². The normalized spacial score (nSPS) is 10.6. The highest BCUT2D eigenvalue weighted by Crippen LogP contribution is 2.08. The maximum absolute atomic E-state index is 12.0. The summed E-state index contributed by atoms with van der Waals surface area (Å²) in [6.45, 7) is 4.53. The van der Waals surface area contributed by atoms with E-state index in [9.17, 15) is 4.79 Å². The van der Waals surface area contributed by atoms with Crippen LogP contribution >= 0.6 is 15.9 Å². The lowest BCUT2D eigenvalue weighted by Gasteiger charge is -2.09. The van der Waals surface area contributed by atoms with Gasteiger partial charge in [-0.25, -0.2) is 4.98 Å². The fourth-order valence-corrected chi connectivity index (χ4v) is 2.12. The fourth-order valence-electron chi connectivity index (χ4n) is 1.80. The predicted molar refractivity (Wildman–Crippen MR) is 75.9 cm³/mol. The molecular formula is C14H15BrN2O. The molecule has 3 nitrogen and oxygen atoms in total. The van der Waals surface area contributed by atoms with Crippen LogP contribution in [0, 0.1) is 6.92 Å². The van der Waals surface area contributed by atoms with Gasteiger partial charge >= 0.3 is 0 Å². The fraction of sp³-hybridized carbons (Fsp3) is 0.286. The lowest BCUT2D eigenvalue weighted by Crippen LogP contribution is -2.24. The average molecular weight is 307 g/mol. The minimum absolute atomic E-state index is 0.0398. The lowest BCUT2D eigenvalue weighted by molar-refractivity contribution is 0.695. The molecule has 0 unspecified atom stereocenters. The van der Waals surface area contributed by atoms with E-state index in [1.807, 2.05) is 6.92 Å². The number of aromatic nitrogens is 2. The van der Waals surface area contributed by atoms with E-state index in [4.69, 9.17) is 0 Å². The summed E-state index contributed by atoms with van der Waals surface area (Å²) in [5.41, 5.74) is 2.37. The van der Waals surface area contributed by atoms with E-state index in [-0.39, 0.29) is 5.56 Å². The largest absolute Gasteiger partial charge is 0.291 e. The standard InChI is InChI=1S/C14H15BrN2O/c1-3-11-4-6-12(7-5-11)9-17-10(2)16-8-13(15)14(17)18/h4-8H,3,9H2,1-2H3. The number of hydrogen-bond donors (Lipinski definition) is 0. The van der Waals surface area contributed by atoms with Gasteiger partial charge in [-0.05, 0) is 40.4 Å². The summed E-state index contributed by atoms with van der Waals surface area (Å²) in [7, 11) is 0. The molecule has 0 aliphatic carbocycles. The van der Waals surface area contributed by atoms with E-state index in [1.54, 1.807) is 10.8 Å². The summed E-state index contributed by atoms with van der Waals surface area (Å²) in [5.74, 6) is 0.725. The summed E-state index contributed by atoms with van der Waals surface area (Å²) in [6.07, 6.45) is 2.58. The second-order valence-corrected chi connectivity index (χ2v) is 5.07. The molecule has 2 rings (SSSR count). The van der Waals surface area contributed by atoms with E-state index in [2.05, 4.69) is 52.1 Å². The molecule has 4 heteroatoms. The molecule has 0 spiro atoms. The Kier molecular flexibility index (Phi) is 3.97. The van der Waals surface area contributed by atoms with Crippen LogP contribution in [0.4, 0.5) is 0 Å². The zero-order valence-electron chi connectivity index (χ0n) is 10.5. The van der Waals surface area contributed by atoms with Gasteiger partial charge in [-0.2, -0.15) is 0 Å². The number of nitrogens with zero attached hydrogens (tertiary/aromatic N) is 2. The van der Waals surface area contributed by atoms with Crippen LogP contribution in [-0.4, -0.2) is 9.55 Å². The van der Waals surface area contributed by atoms with E-state index in [1.165, 1.54) is 5.56 Å². The molecule has 0 amide bonds. The highest BCUT2D eigenvalue weighted by atomic mass is 79.9. The van der Waals surface area contributed by atoms with Crippen LogP contribution in [0.1, 0.15) is 23.9 Å². The Morgan fingerprint density at radius 2 is 1.83 bits per heavy atom. The Hall–Kier alpha value is -1.42. The van der Waals surface area contributed by atoms with E-state index >= 15 is 0 Å². The van der Waals surface area contributed by atoms with E-state index in [0.717, 1.165) is 17.8 Å². The van der Waals surface area contributed by atoms with E-state index in [0.29, 0.717) is 11.0 Å². The summed E-state index contributed by atoms with van der Waals surface area (Å²) >= 11 is 3.22. The minimum atomic E-state index is -0.0398. The molecule has 2 aromatic rings. The number of rotatable bonds is 3. The summed E-state index contributed by atoms with van der Waals surface area (Å²) in [5, 5.41) is 0. The minimum Gasteiger partial charge on any atom is -0.291 e. The Morgan fingerprint density at radius 1 is 1.22 bits per heavy atom. The molecule has 18 heavy (non-hydrogen) atoms. The molecule has 0 saturated carbocycles. The first-order valence-corrected chi connectivity index (χ1v) is 6.71. The zero-order valence-corrected chi connectivity index (χ0v) is 12.1. The molecule has 0 saturated heterocycles. The van der Waals surface area contributed by atoms with Crippen molar-refractivity contribution in [2.24, 2.45) is 0 Å². The van der Waals surface area contributed by atoms with Gasteiger partial charge in [0.2, 0.25) is 0 Å². The molecule has 1 aromatic heterocycles. The molecule has 1 aromatic carbocycles. The molecule has 0 atom stereocenters. The average Bonchev–Trinajstić information content (AvgIpc) is 2.40. The molecule has 94 valence electrons. The molecule has 0 N–H and O–H groups in total. The molecule has 0 bridgehead atoms. The Labute approximate surface area is 115 Å². The van der Waals surface area contributed by atoms with Crippen molar-refractivity contribution >= 4 is 15.9 Å². The molecular weight excluding hydrogens is 292 g/mol. The van der Waals surface area contributed by atoms with Gasteiger partial charge in [0.15, 0.2) is 0 Å². The molecule has 0 radical (unpaired) electrons. The first kappa shape index (κ1) is 13.0. The van der Waals surface area contributed by atoms with Crippen LogP contribution in [0.5, 0.6) is 0 Å². The summed E-state index contributed by atoms with van der Waals surface area (Å²) in [4.78, 5) is 16.2. The highest BCUT2D eigenvalue weighted by molar-refractivity contribution is 9.10. The van der Waals surface area contributed by atoms with Crippen molar-refractivity contribution in [3.05, 3.63) is 62.2 Å². The maximum Gasteiger partial charge on any atom is 0.268 e. The highest BCUT2D eigenvalue weighted by Gasteiger charge is 2.06. The van der Waals surface area contributed by atoms with Gasteiger partial charge in [-0.15, -0.1) is 0 Å². The Morgan fingerprint density at radius 3 is 2.44 bits per heavy atom. The summed E-state index contributed by atoms with van der Waals surface area (Å²) < 4.78 is 2.17. The van der Waals surface area contributed by atoms with E-state index < -0.39 is 0 Å². The Bertz CT molecular complexity index is 602. The van der Waals surface area contributed by atoms with Gasteiger partial charge in [0.1, 0.15) is 10.3 Å². The number of benzene rings is 1.